The summed E-state index contributed by atoms with van der Waals surface area (Å²) in [4.78, 5) is 51.5. The minimum Gasteiger partial charge on any atom is -0.465 e. The summed E-state index contributed by atoms with van der Waals surface area (Å²) in [6, 6.07) is 0. The predicted molar refractivity (Wildman–Crippen MR) is 95.1 cm³/mol. The van der Waals surface area contributed by atoms with Crippen LogP contribution < -0.4 is 21.5 Å². The van der Waals surface area contributed by atoms with Crippen LogP contribution in [0.2, 0.25) is 0 Å². The monoisotopic (exact) mass is 390 g/mol. The minimum absolute atomic E-state index is 0.00710. The van der Waals surface area contributed by atoms with Crippen LogP contribution in [-0.4, -0.2) is 76.2 Å². The molecule has 0 atom stereocenters. The van der Waals surface area contributed by atoms with Crippen molar-refractivity contribution in [1.82, 2.24) is 14.9 Å². The lowest BCUT2D eigenvalue weighted by molar-refractivity contribution is -0.144. The van der Waals surface area contributed by atoms with E-state index in [1.807, 2.05) is 0 Å². The molecule has 0 amide bonds. The number of anilines is 3. The van der Waals surface area contributed by atoms with E-state index in [1.165, 1.54) is 0 Å². The van der Waals surface area contributed by atoms with Crippen LogP contribution >= 0.6 is 7.60 Å². The number of hydrogen-bond acceptors (Lipinski definition) is 9. The number of nitrogens with zero attached hydrogens (tertiary/aromatic N) is 3. The number of H-pyrrole nitrogens is 1. The van der Waals surface area contributed by atoms with Gasteiger partial charge in [-0.25, -0.2) is 0 Å². The van der Waals surface area contributed by atoms with E-state index in [-0.39, 0.29) is 37.4 Å². The molecule has 26 heavy (non-hydrogen) atoms. The lowest BCUT2D eigenvalue weighted by atomic mass is 10.4. The van der Waals surface area contributed by atoms with Crippen LogP contribution in [0.3, 0.4) is 0 Å². The van der Waals surface area contributed by atoms with Crippen molar-refractivity contribution in [3.8, 4) is 0 Å². The number of aromatic nitrogens is 2. The fraction of sp³-hybridized carbons (Fsp3) is 0.615. The number of nitrogen functional groups attached to an aromatic ring is 1. The first-order chi connectivity index (χ1) is 12.2. The van der Waals surface area contributed by atoms with Gasteiger partial charge in [0, 0.05) is 19.6 Å². The largest absolute Gasteiger partial charge is 0.465 e. The average Bonchev–Trinajstić information content (AvgIpc) is 2.92. The Balaban J connectivity index is 2.02. The number of aromatic amines is 1. The van der Waals surface area contributed by atoms with E-state index in [2.05, 4.69) is 15.3 Å². The van der Waals surface area contributed by atoms with Gasteiger partial charge in [-0.2, -0.15) is 4.98 Å². The Labute approximate surface area is 149 Å². The molecule has 13 heteroatoms. The van der Waals surface area contributed by atoms with E-state index in [1.54, 1.807) is 16.7 Å². The molecule has 0 radical (unpaired) electrons. The van der Waals surface area contributed by atoms with Crippen LogP contribution in [-0.2, 0) is 14.1 Å². The Kier molecular flexibility index (Phi) is 6.59. The Morgan fingerprint density at radius 3 is 2.85 bits per heavy atom. The maximum atomic E-state index is 11.8. The number of carbonyl (C=O) groups is 1. The Morgan fingerprint density at radius 2 is 2.19 bits per heavy atom. The van der Waals surface area contributed by atoms with Gasteiger partial charge in [-0.3, -0.25) is 24.0 Å². The summed E-state index contributed by atoms with van der Waals surface area (Å²) in [5.41, 5.74) is 5.50. The molecule has 1 aliphatic heterocycles. The van der Waals surface area contributed by atoms with Gasteiger partial charge < -0.3 is 30.5 Å². The number of ether oxygens (including phenoxy) is 1. The fourth-order valence-electron chi connectivity index (χ4n) is 2.49. The molecule has 0 spiro atoms. The Hall–Kier alpha value is -2.14. The number of fused-ring (bicyclic) bond motifs is 1. The Morgan fingerprint density at radius 1 is 1.46 bits per heavy atom. The molecular weight excluding hydrogens is 367 g/mol. The fourth-order valence-corrected chi connectivity index (χ4v) is 3.04. The van der Waals surface area contributed by atoms with Crippen molar-refractivity contribution in [2.24, 2.45) is 0 Å². The van der Waals surface area contributed by atoms with E-state index in [4.69, 9.17) is 20.3 Å². The summed E-state index contributed by atoms with van der Waals surface area (Å²) in [5, 5.41) is 2.92. The highest BCUT2D eigenvalue weighted by atomic mass is 31.2. The normalized spacial score (nSPS) is 13.6. The first-order valence-corrected chi connectivity index (χ1v) is 9.80. The summed E-state index contributed by atoms with van der Waals surface area (Å²) >= 11 is 0. The second-order valence-corrected chi connectivity index (χ2v) is 7.49. The molecule has 0 unspecified atom stereocenters. The molecule has 12 nitrogen and oxygen atoms in total. The zero-order chi connectivity index (χ0) is 19.3. The quantitative estimate of drug-likeness (QED) is 0.247. The molecule has 6 N–H and O–H groups in total. The maximum Gasteiger partial charge on any atom is 0.326 e. The summed E-state index contributed by atoms with van der Waals surface area (Å²) < 4.78 is 16.0. The highest BCUT2D eigenvalue weighted by Crippen LogP contribution is 2.33. The highest BCUT2D eigenvalue weighted by molar-refractivity contribution is 7.51. The number of carbonyl (C=O) groups excluding carboxylic acids is 1. The molecule has 0 aromatic carbocycles. The second-order valence-electron chi connectivity index (χ2n) is 5.72. The van der Waals surface area contributed by atoms with Gasteiger partial charge in [0.2, 0.25) is 5.95 Å². The molecule has 0 saturated heterocycles. The van der Waals surface area contributed by atoms with Crippen LogP contribution in [0.5, 0.6) is 0 Å². The van der Waals surface area contributed by atoms with Crippen molar-refractivity contribution in [2.45, 2.75) is 6.92 Å². The lowest BCUT2D eigenvalue weighted by Gasteiger charge is -2.25. The lowest BCUT2D eigenvalue weighted by Crippen LogP contribution is -2.40. The molecule has 0 bridgehead atoms. The number of rotatable bonds is 9. The van der Waals surface area contributed by atoms with Crippen LogP contribution in [0.25, 0.3) is 0 Å². The first kappa shape index (κ1) is 20.2. The standard InChI is InChI=1S/C13H23N6O6P/c1-2-25-9(20)7-18(5-6-26(22,23)24)3-4-19-8-15-10-11(19)16-13(14)17-12(10)21/h15H,2-8H2,1H3,(H2,22,23,24)(H3,14,16,17,21). The summed E-state index contributed by atoms with van der Waals surface area (Å²) in [6.07, 6.45) is -0.369. The smallest absolute Gasteiger partial charge is 0.326 e. The third-order valence-corrected chi connectivity index (χ3v) is 4.50. The average molecular weight is 390 g/mol. The number of nitrogens with two attached hydrogens (primary N) is 1. The van der Waals surface area contributed by atoms with E-state index < -0.39 is 13.6 Å². The van der Waals surface area contributed by atoms with Crippen molar-refractivity contribution in [3.63, 3.8) is 0 Å². The summed E-state index contributed by atoms with van der Waals surface area (Å²) in [6.45, 7) is 2.86. The minimum atomic E-state index is -4.19. The third kappa shape index (κ3) is 5.70. The van der Waals surface area contributed by atoms with Gasteiger partial charge in [-0.15, -0.1) is 0 Å². The molecule has 0 aliphatic carbocycles. The van der Waals surface area contributed by atoms with Gasteiger partial charge in [-0.05, 0) is 6.92 Å². The van der Waals surface area contributed by atoms with Gasteiger partial charge in [0.25, 0.3) is 5.56 Å². The van der Waals surface area contributed by atoms with Crippen LogP contribution in [0.1, 0.15) is 6.92 Å². The predicted octanol–water partition coefficient (Wildman–Crippen LogP) is -1.42. The molecule has 2 rings (SSSR count). The Bertz CT molecular complexity index is 749. The summed E-state index contributed by atoms with van der Waals surface area (Å²) in [5.74, 6) is -0.0818. The van der Waals surface area contributed by atoms with Gasteiger partial charge in [-0.1, -0.05) is 0 Å². The van der Waals surface area contributed by atoms with Crippen LogP contribution in [0.4, 0.5) is 17.5 Å². The molecule has 1 aromatic rings. The van der Waals surface area contributed by atoms with Gasteiger partial charge in [0.15, 0.2) is 5.82 Å². The molecule has 0 fully saturated rings. The van der Waals surface area contributed by atoms with E-state index in [9.17, 15) is 14.2 Å². The van der Waals surface area contributed by atoms with E-state index >= 15 is 0 Å². The first-order valence-electron chi connectivity index (χ1n) is 8.00. The molecule has 1 aromatic heterocycles. The number of hydrogen-bond donors (Lipinski definition) is 5. The van der Waals surface area contributed by atoms with Crippen LogP contribution in [0.15, 0.2) is 4.79 Å². The zero-order valence-corrected chi connectivity index (χ0v) is 15.2. The second kappa shape index (κ2) is 8.49. The van der Waals surface area contributed by atoms with Crippen molar-refractivity contribution in [1.29, 1.82) is 0 Å². The SMILES string of the molecule is CCOC(=O)CN(CCN1CNc2c1nc(N)[nH]c2=O)CCP(=O)(O)O. The van der Waals surface area contributed by atoms with Crippen molar-refractivity contribution >= 4 is 31.0 Å². The third-order valence-electron chi connectivity index (χ3n) is 3.72. The topological polar surface area (TPSA) is 174 Å². The molecule has 2 heterocycles. The maximum absolute atomic E-state index is 11.8. The number of esters is 1. The molecular formula is C13H23N6O6P. The van der Waals surface area contributed by atoms with Crippen LogP contribution in [0, 0.1) is 0 Å². The van der Waals surface area contributed by atoms with Crippen molar-refractivity contribution in [3.05, 3.63) is 10.4 Å². The molecule has 1 aliphatic rings. The number of nitrogens with one attached hydrogen (secondary N) is 2. The molecule has 146 valence electrons. The van der Waals surface area contributed by atoms with Crippen molar-refractivity contribution < 1.29 is 23.9 Å². The zero-order valence-electron chi connectivity index (χ0n) is 14.3. The van der Waals surface area contributed by atoms with E-state index in [0.29, 0.717) is 31.3 Å². The van der Waals surface area contributed by atoms with Gasteiger partial charge in [0.05, 0.1) is 26.0 Å². The van der Waals surface area contributed by atoms with Gasteiger partial charge >= 0.3 is 13.6 Å². The van der Waals surface area contributed by atoms with Gasteiger partial charge in [0.1, 0.15) is 5.69 Å². The van der Waals surface area contributed by atoms with E-state index in [0.717, 1.165) is 0 Å². The summed E-state index contributed by atoms with van der Waals surface area (Å²) in [7, 11) is -4.19. The highest BCUT2D eigenvalue weighted by Gasteiger charge is 2.25. The molecule has 0 saturated carbocycles. The van der Waals surface area contributed by atoms with Crippen molar-refractivity contribution in [2.75, 3.05) is 61.6 Å².